The number of hydrogen-bond acceptors (Lipinski definition) is 5. The number of carbonyl (C=O) groups is 2. The molecule has 0 aliphatic carbocycles. The molecule has 31 heavy (non-hydrogen) atoms. The fourth-order valence-electron chi connectivity index (χ4n) is 3.78. The fourth-order valence-corrected chi connectivity index (χ4v) is 3.78. The van der Waals surface area contributed by atoms with Crippen LogP contribution in [0.2, 0.25) is 0 Å². The summed E-state index contributed by atoms with van der Waals surface area (Å²) in [6.45, 7) is 5.00. The normalized spacial score (nSPS) is 12.2. The van der Waals surface area contributed by atoms with Crippen LogP contribution in [-0.2, 0) is 16.0 Å². The van der Waals surface area contributed by atoms with Gasteiger partial charge in [-0.1, -0.05) is 30.3 Å². The molecule has 4 rings (SSSR count). The van der Waals surface area contributed by atoms with Crippen LogP contribution in [0.25, 0.3) is 33.1 Å². The first-order valence-corrected chi connectivity index (χ1v) is 9.83. The van der Waals surface area contributed by atoms with Crippen LogP contribution in [0.4, 0.5) is 0 Å². The minimum atomic E-state index is -1.15. The lowest BCUT2D eigenvalue weighted by Crippen LogP contribution is -2.39. The van der Waals surface area contributed by atoms with E-state index in [0.29, 0.717) is 22.1 Å². The third kappa shape index (κ3) is 3.70. The first kappa shape index (κ1) is 20.4. The van der Waals surface area contributed by atoms with Gasteiger partial charge in [-0.25, -0.2) is 4.79 Å². The molecule has 0 saturated heterocycles. The van der Waals surface area contributed by atoms with Gasteiger partial charge in [0.25, 0.3) is 0 Å². The second-order valence-corrected chi connectivity index (χ2v) is 7.54. The van der Waals surface area contributed by atoms with Crippen molar-refractivity contribution in [2.24, 2.45) is 0 Å². The monoisotopic (exact) mass is 419 g/mol. The molecule has 2 heterocycles. The van der Waals surface area contributed by atoms with E-state index in [1.54, 1.807) is 13.0 Å². The number of nitrogens with one attached hydrogen (secondary N) is 1. The number of aryl methyl sites for hydroxylation is 2. The maximum Gasteiger partial charge on any atom is 0.340 e. The van der Waals surface area contributed by atoms with E-state index in [1.807, 2.05) is 43.3 Å². The standard InChI is InChI=1S/C24H21NO6/c1-12-16-9-18-20(30-14(3)22(18)15-7-5-4-6-8-15)11-19(16)31-24(29)17(12)10-21(26)25-13(2)23(27)28/h4-9,11,13H,10H2,1-3H3,(H,25,26)(H,27,28). The van der Waals surface area contributed by atoms with Crippen LogP contribution >= 0.6 is 0 Å². The van der Waals surface area contributed by atoms with E-state index >= 15 is 0 Å². The Morgan fingerprint density at radius 3 is 2.39 bits per heavy atom. The highest BCUT2D eigenvalue weighted by Gasteiger charge is 2.20. The highest BCUT2D eigenvalue weighted by atomic mass is 16.4. The molecular formula is C24H21NO6. The van der Waals surface area contributed by atoms with Crippen molar-refractivity contribution in [1.82, 2.24) is 5.32 Å². The fraction of sp³-hybridized carbons (Fsp3) is 0.208. The van der Waals surface area contributed by atoms with Gasteiger partial charge in [0.05, 0.1) is 12.0 Å². The van der Waals surface area contributed by atoms with Crippen molar-refractivity contribution in [2.45, 2.75) is 33.2 Å². The van der Waals surface area contributed by atoms with Gasteiger partial charge in [-0.05, 0) is 38.0 Å². The number of fused-ring (bicyclic) bond motifs is 2. The molecule has 7 heteroatoms. The van der Waals surface area contributed by atoms with Crippen molar-refractivity contribution in [2.75, 3.05) is 0 Å². The highest BCUT2D eigenvalue weighted by molar-refractivity contribution is 6.03. The number of carboxylic acid groups (broad SMARTS) is 1. The molecule has 0 fully saturated rings. The molecule has 2 aromatic carbocycles. The van der Waals surface area contributed by atoms with Crippen molar-refractivity contribution in [3.8, 4) is 11.1 Å². The Morgan fingerprint density at radius 2 is 1.71 bits per heavy atom. The highest BCUT2D eigenvalue weighted by Crippen LogP contribution is 2.37. The number of aliphatic carboxylic acids is 1. The third-order valence-electron chi connectivity index (χ3n) is 5.42. The molecule has 2 N–H and O–H groups in total. The molecule has 0 bridgehead atoms. The Balaban J connectivity index is 1.84. The summed E-state index contributed by atoms with van der Waals surface area (Å²) >= 11 is 0. The summed E-state index contributed by atoms with van der Waals surface area (Å²) in [6.07, 6.45) is -0.268. The summed E-state index contributed by atoms with van der Waals surface area (Å²) in [6, 6.07) is 12.4. The SMILES string of the molecule is Cc1oc2cc3oc(=O)c(CC(=O)NC(C)C(=O)O)c(C)c3cc2c1-c1ccccc1. The first-order chi connectivity index (χ1) is 14.8. The molecule has 0 aliphatic rings. The Morgan fingerprint density at radius 1 is 1.03 bits per heavy atom. The van der Waals surface area contributed by atoms with E-state index in [9.17, 15) is 14.4 Å². The van der Waals surface area contributed by atoms with Gasteiger partial charge in [-0.3, -0.25) is 9.59 Å². The Bertz CT molecular complexity index is 1380. The van der Waals surface area contributed by atoms with Crippen LogP contribution in [0.15, 0.2) is 56.1 Å². The van der Waals surface area contributed by atoms with Crippen molar-refractivity contribution >= 4 is 33.8 Å². The van der Waals surface area contributed by atoms with E-state index in [-0.39, 0.29) is 12.0 Å². The van der Waals surface area contributed by atoms with Crippen LogP contribution in [0.3, 0.4) is 0 Å². The van der Waals surface area contributed by atoms with Gasteiger partial charge >= 0.3 is 11.6 Å². The molecule has 1 amide bonds. The average Bonchev–Trinajstić information content (AvgIpc) is 3.05. The van der Waals surface area contributed by atoms with Crippen LogP contribution in [0.1, 0.15) is 23.8 Å². The Kier molecular flexibility index (Phi) is 5.10. The van der Waals surface area contributed by atoms with E-state index in [2.05, 4.69) is 5.32 Å². The predicted molar refractivity (Wildman–Crippen MR) is 116 cm³/mol. The molecule has 0 aliphatic heterocycles. The summed E-state index contributed by atoms with van der Waals surface area (Å²) in [4.78, 5) is 35.8. The Labute approximate surface area is 177 Å². The van der Waals surface area contributed by atoms with Gasteiger partial charge in [0.1, 0.15) is 23.0 Å². The van der Waals surface area contributed by atoms with E-state index in [1.165, 1.54) is 6.92 Å². The summed E-state index contributed by atoms with van der Waals surface area (Å²) in [7, 11) is 0. The molecule has 0 saturated carbocycles. The number of amides is 1. The van der Waals surface area contributed by atoms with E-state index in [4.69, 9.17) is 13.9 Å². The molecule has 4 aromatic rings. The van der Waals surface area contributed by atoms with Crippen molar-refractivity contribution in [3.63, 3.8) is 0 Å². The lowest BCUT2D eigenvalue weighted by molar-refractivity contribution is -0.141. The molecule has 1 atom stereocenters. The number of hydrogen-bond donors (Lipinski definition) is 2. The second kappa shape index (κ2) is 7.75. The predicted octanol–water partition coefficient (Wildman–Crippen LogP) is 3.95. The van der Waals surface area contributed by atoms with Gasteiger partial charge in [-0.15, -0.1) is 0 Å². The largest absolute Gasteiger partial charge is 0.480 e. The molecular weight excluding hydrogens is 398 g/mol. The maximum absolute atomic E-state index is 12.5. The van der Waals surface area contributed by atoms with Crippen LogP contribution in [-0.4, -0.2) is 23.0 Å². The van der Waals surface area contributed by atoms with Crippen molar-refractivity contribution < 1.29 is 23.5 Å². The van der Waals surface area contributed by atoms with Gasteiger partial charge in [0, 0.05) is 22.4 Å². The number of carboxylic acids is 1. The lowest BCUT2D eigenvalue weighted by Gasteiger charge is -2.11. The van der Waals surface area contributed by atoms with Gasteiger partial charge in [-0.2, -0.15) is 0 Å². The zero-order valence-electron chi connectivity index (χ0n) is 17.3. The second-order valence-electron chi connectivity index (χ2n) is 7.54. The average molecular weight is 419 g/mol. The topological polar surface area (TPSA) is 110 Å². The van der Waals surface area contributed by atoms with Gasteiger partial charge in [0.15, 0.2) is 0 Å². The number of carbonyl (C=O) groups excluding carboxylic acids is 1. The molecule has 0 spiro atoms. The lowest BCUT2D eigenvalue weighted by atomic mass is 9.98. The Hall–Kier alpha value is -3.87. The van der Waals surface area contributed by atoms with E-state index < -0.39 is 23.5 Å². The molecule has 2 aromatic heterocycles. The molecule has 1 unspecified atom stereocenters. The van der Waals surface area contributed by atoms with Crippen LogP contribution in [0.5, 0.6) is 0 Å². The number of benzene rings is 2. The summed E-state index contributed by atoms with van der Waals surface area (Å²) in [5, 5.41) is 12.9. The number of rotatable bonds is 5. The van der Waals surface area contributed by atoms with Crippen molar-refractivity contribution in [3.05, 3.63) is 69.8 Å². The van der Waals surface area contributed by atoms with Gasteiger partial charge < -0.3 is 19.3 Å². The summed E-state index contributed by atoms with van der Waals surface area (Å²) < 4.78 is 11.4. The van der Waals surface area contributed by atoms with E-state index in [0.717, 1.165) is 22.3 Å². The molecule has 7 nitrogen and oxygen atoms in total. The molecule has 158 valence electrons. The number of furan rings is 1. The first-order valence-electron chi connectivity index (χ1n) is 9.83. The van der Waals surface area contributed by atoms with Crippen molar-refractivity contribution in [1.29, 1.82) is 0 Å². The summed E-state index contributed by atoms with van der Waals surface area (Å²) in [5.74, 6) is -0.963. The zero-order valence-corrected chi connectivity index (χ0v) is 17.3. The quantitative estimate of drug-likeness (QED) is 0.474. The smallest absolute Gasteiger partial charge is 0.340 e. The zero-order chi connectivity index (χ0) is 22.3. The van der Waals surface area contributed by atoms with Crippen LogP contribution < -0.4 is 10.9 Å². The minimum Gasteiger partial charge on any atom is -0.480 e. The minimum absolute atomic E-state index is 0.198. The van der Waals surface area contributed by atoms with Crippen LogP contribution in [0, 0.1) is 13.8 Å². The molecule has 0 radical (unpaired) electrons. The third-order valence-corrected chi connectivity index (χ3v) is 5.42. The maximum atomic E-state index is 12.5. The summed E-state index contributed by atoms with van der Waals surface area (Å²) in [5.41, 5.74) is 3.12. The van der Waals surface area contributed by atoms with Gasteiger partial charge in [0.2, 0.25) is 5.91 Å².